The second-order valence-electron chi connectivity index (χ2n) is 3.89. The van der Waals surface area contributed by atoms with Crippen LogP contribution in [-0.4, -0.2) is 32.0 Å². The number of nitrogens with one attached hydrogen (secondary N) is 4. The van der Waals surface area contributed by atoms with Crippen LogP contribution < -0.4 is 16.0 Å². The van der Waals surface area contributed by atoms with Crippen LogP contribution in [0.2, 0.25) is 0 Å². The van der Waals surface area contributed by atoms with Crippen molar-refractivity contribution in [1.82, 2.24) is 16.0 Å². The average molecular weight is 218 g/mol. The van der Waals surface area contributed by atoms with Gasteiger partial charge in [0.25, 0.3) is 0 Å². The predicted octanol–water partition coefficient (Wildman–Crippen LogP) is 0.294. The molecule has 4 N–H and O–H groups in total. The van der Waals surface area contributed by atoms with E-state index in [1.165, 1.54) is 5.56 Å². The molecule has 1 aromatic rings. The lowest BCUT2D eigenvalue weighted by Gasteiger charge is -2.11. The summed E-state index contributed by atoms with van der Waals surface area (Å²) in [5, 5.41) is 16.8. The highest BCUT2D eigenvalue weighted by Gasteiger charge is 2.12. The van der Waals surface area contributed by atoms with Crippen molar-refractivity contribution >= 4 is 5.84 Å². The Hall–Kier alpha value is -1.39. The lowest BCUT2D eigenvalue weighted by Crippen LogP contribution is -2.39. The molecule has 0 saturated carbocycles. The first kappa shape index (κ1) is 11.1. The van der Waals surface area contributed by atoms with Crippen molar-refractivity contribution < 1.29 is 0 Å². The van der Waals surface area contributed by atoms with E-state index in [1.807, 2.05) is 24.3 Å². The Balaban J connectivity index is 0.000000138. The van der Waals surface area contributed by atoms with Gasteiger partial charge in [-0.05, 0) is 5.56 Å². The lowest BCUT2D eigenvalue weighted by molar-refractivity contribution is 0.534. The zero-order valence-corrected chi connectivity index (χ0v) is 9.34. The third kappa shape index (κ3) is 2.81. The van der Waals surface area contributed by atoms with E-state index in [9.17, 15) is 0 Å². The van der Waals surface area contributed by atoms with Crippen molar-refractivity contribution in [1.29, 1.82) is 5.41 Å². The smallest absolute Gasteiger partial charge is 0.126 e. The molecule has 2 heterocycles. The number of benzene rings is 1. The second-order valence-corrected chi connectivity index (χ2v) is 3.89. The summed E-state index contributed by atoms with van der Waals surface area (Å²) in [5.74, 6) is 0.551. The summed E-state index contributed by atoms with van der Waals surface area (Å²) in [4.78, 5) is 0. The van der Waals surface area contributed by atoms with Crippen molar-refractivity contribution in [3.05, 3.63) is 35.4 Å². The molecule has 0 aliphatic carbocycles. The van der Waals surface area contributed by atoms with Gasteiger partial charge in [-0.25, -0.2) is 0 Å². The molecule has 3 rings (SSSR count). The standard InChI is InChI=1S/C8H8N2.C4H10N2/c9-8-7-4-2-1-3-6(7)5-10-8;1-2-6-4-3-5-1/h1-4H,5H2,(H2,9,10);5-6H,1-4H2. The van der Waals surface area contributed by atoms with Gasteiger partial charge in [-0.15, -0.1) is 0 Å². The van der Waals surface area contributed by atoms with Gasteiger partial charge >= 0.3 is 0 Å². The first-order valence-electron chi connectivity index (χ1n) is 5.70. The summed E-state index contributed by atoms with van der Waals surface area (Å²) in [6.45, 7) is 5.37. The number of piperazine rings is 1. The van der Waals surface area contributed by atoms with E-state index in [-0.39, 0.29) is 0 Å². The van der Waals surface area contributed by atoms with Gasteiger partial charge in [0, 0.05) is 38.3 Å². The molecule has 4 nitrogen and oxygen atoms in total. The zero-order valence-electron chi connectivity index (χ0n) is 9.34. The maximum Gasteiger partial charge on any atom is 0.126 e. The molecule has 2 aliphatic heterocycles. The average Bonchev–Trinajstić information content (AvgIpc) is 2.75. The number of amidine groups is 1. The van der Waals surface area contributed by atoms with Crippen LogP contribution in [-0.2, 0) is 6.54 Å². The maximum absolute atomic E-state index is 7.42. The summed E-state index contributed by atoms with van der Waals surface area (Å²) >= 11 is 0. The molecule has 86 valence electrons. The predicted molar refractivity (Wildman–Crippen MR) is 65.8 cm³/mol. The first-order valence-corrected chi connectivity index (χ1v) is 5.70. The molecule has 0 atom stereocenters. The minimum absolute atomic E-state index is 0.551. The quantitative estimate of drug-likeness (QED) is 0.506. The molecule has 1 saturated heterocycles. The van der Waals surface area contributed by atoms with Crippen LogP contribution in [0.25, 0.3) is 0 Å². The highest BCUT2D eigenvalue weighted by atomic mass is 15.0. The number of hydrogen-bond donors (Lipinski definition) is 4. The molecule has 0 radical (unpaired) electrons. The SMILES string of the molecule is C1CNCCN1.N=C1NCc2ccccc21. The van der Waals surface area contributed by atoms with Crippen molar-refractivity contribution in [2.45, 2.75) is 6.54 Å². The van der Waals surface area contributed by atoms with E-state index in [4.69, 9.17) is 5.41 Å². The Morgan fingerprint density at radius 2 is 1.56 bits per heavy atom. The first-order chi connectivity index (χ1) is 7.88. The van der Waals surface area contributed by atoms with Gasteiger partial charge < -0.3 is 16.0 Å². The van der Waals surface area contributed by atoms with Gasteiger partial charge in [0.05, 0.1) is 0 Å². The van der Waals surface area contributed by atoms with Crippen LogP contribution in [0.3, 0.4) is 0 Å². The number of hydrogen-bond acceptors (Lipinski definition) is 3. The van der Waals surface area contributed by atoms with Crippen molar-refractivity contribution in [3.63, 3.8) is 0 Å². The molecule has 16 heavy (non-hydrogen) atoms. The van der Waals surface area contributed by atoms with Gasteiger partial charge in [-0.1, -0.05) is 24.3 Å². The molecule has 0 unspecified atom stereocenters. The molecular weight excluding hydrogens is 200 g/mol. The zero-order chi connectivity index (χ0) is 11.2. The number of fused-ring (bicyclic) bond motifs is 1. The van der Waals surface area contributed by atoms with Crippen LogP contribution in [0.5, 0.6) is 0 Å². The minimum atomic E-state index is 0.551. The molecule has 0 spiro atoms. The largest absolute Gasteiger partial charge is 0.366 e. The fourth-order valence-electron chi connectivity index (χ4n) is 1.80. The molecule has 2 aliphatic rings. The maximum atomic E-state index is 7.42. The Labute approximate surface area is 96.0 Å². The summed E-state index contributed by atoms with van der Waals surface area (Å²) in [6, 6.07) is 7.97. The van der Waals surface area contributed by atoms with E-state index < -0.39 is 0 Å². The van der Waals surface area contributed by atoms with Crippen LogP contribution >= 0.6 is 0 Å². The van der Waals surface area contributed by atoms with Gasteiger partial charge in [-0.3, -0.25) is 5.41 Å². The van der Waals surface area contributed by atoms with E-state index in [1.54, 1.807) is 0 Å². The number of rotatable bonds is 0. The Kier molecular flexibility index (Phi) is 3.91. The van der Waals surface area contributed by atoms with Crippen molar-refractivity contribution in [2.75, 3.05) is 26.2 Å². The van der Waals surface area contributed by atoms with Gasteiger partial charge in [0.2, 0.25) is 0 Å². The fourth-order valence-corrected chi connectivity index (χ4v) is 1.80. The topological polar surface area (TPSA) is 59.9 Å². The highest BCUT2D eigenvalue weighted by molar-refractivity contribution is 6.00. The summed E-state index contributed by atoms with van der Waals surface area (Å²) in [5.41, 5.74) is 2.27. The minimum Gasteiger partial charge on any atom is -0.366 e. The van der Waals surface area contributed by atoms with Crippen LogP contribution in [0.15, 0.2) is 24.3 Å². The summed E-state index contributed by atoms with van der Waals surface area (Å²) in [6.07, 6.45) is 0. The summed E-state index contributed by atoms with van der Waals surface area (Å²) < 4.78 is 0. The normalized spacial score (nSPS) is 18.1. The second kappa shape index (κ2) is 5.63. The third-order valence-corrected chi connectivity index (χ3v) is 2.70. The molecule has 0 aromatic heterocycles. The Morgan fingerprint density at radius 3 is 2.12 bits per heavy atom. The van der Waals surface area contributed by atoms with E-state index in [0.29, 0.717) is 5.84 Å². The molecule has 0 bridgehead atoms. The molecule has 4 heteroatoms. The van der Waals surface area contributed by atoms with Crippen molar-refractivity contribution in [2.24, 2.45) is 0 Å². The van der Waals surface area contributed by atoms with Crippen LogP contribution in [0.1, 0.15) is 11.1 Å². The fraction of sp³-hybridized carbons (Fsp3) is 0.417. The molecule has 1 aromatic carbocycles. The monoisotopic (exact) mass is 218 g/mol. The lowest BCUT2D eigenvalue weighted by atomic mass is 10.1. The highest BCUT2D eigenvalue weighted by Crippen LogP contribution is 2.13. The van der Waals surface area contributed by atoms with Gasteiger partial charge in [0.15, 0.2) is 0 Å². The van der Waals surface area contributed by atoms with E-state index in [2.05, 4.69) is 16.0 Å². The van der Waals surface area contributed by atoms with E-state index in [0.717, 1.165) is 38.3 Å². The van der Waals surface area contributed by atoms with Crippen LogP contribution in [0.4, 0.5) is 0 Å². The Bertz CT molecular complexity index is 346. The van der Waals surface area contributed by atoms with Crippen molar-refractivity contribution in [3.8, 4) is 0 Å². The molecule has 1 fully saturated rings. The van der Waals surface area contributed by atoms with Crippen LogP contribution in [0, 0.1) is 5.41 Å². The van der Waals surface area contributed by atoms with Gasteiger partial charge in [-0.2, -0.15) is 0 Å². The molecule has 0 amide bonds. The Morgan fingerprint density at radius 1 is 0.938 bits per heavy atom. The van der Waals surface area contributed by atoms with Gasteiger partial charge in [0.1, 0.15) is 5.84 Å². The molecular formula is C12H18N4. The third-order valence-electron chi connectivity index (χ3n) is 2.70. The van der Waals surface area contributed by atoms with E-state index >= 15 is 0 Å². The summed E-state index contributed by atoms with van der Waals surface area (Å²) in [7, 11) is 0.